The first-order valence-corrected chi connectivity index (χ1v) is 7.61. The van der Waals surface area contributed by atoms with Crippen LogP contribution in [0.4, 0.5) is 8.78 Å². The summed E-state index contributed by atoms with van der Waals surface area (Å²) in [4.78, 5) is 0. The van der Waals surface area contributed by atoms with E-state index in [2.05, 4.69) is 11.9 Å². The van der Waals surface area contributed by atoms with Crippen molar-refractivity contribution >= 4 is 5.70 Å². The van der Waals surface area contributed by atoms with Crippen LogP contribution in [0.5, 0.6) is 0 Å². The number of hydrogen-bond donors (Lipinski definition) is 1. The van der Waals surface area contributed by atoms with Crippen molar-refractivity contribution in [3.05, 3.63) is 90.5 Å². The zero-order valence-corrected chi connectivity index (χ0v) is 13.3. The first-order valence-electron chi connectivity index (χ1n) is 7.61. The van der Waals surface area contributed by atoms with E-state index < -0.39 is 0 Å². The molecule has 3 heteroatoms. The van der Waals surface area contributed by atoms with E-state index in [1.54, 1.807) is 24.3 Å². The summed E-state index contributed by atoms with van der Waals surface area (Å²) in [5.74, 6) is -0.540. The second-order valence-electron chi connectivity index (χ2n) is 5.54. The Bertz CT molecular complexity index is 802. The third-order valence-corrected chi connectivity index (χ3v) is 3.94. The maximum Gasteiger partial charge on any atom is 0.123 e. The highest BCUT2D eigenvalue weighted by Crippen LogP contribution is 2.30. The van der Waals surface area contributed by atoms with Crippen molar-refractivity contribution in [1.29, 1.82) is 0 Å². The predicted molar refractivity (Wildman–Crippen MR) is 95.3 cm³/mol. The summed E-state index contributed by atoms with van der Waals surface area (Å²) in [6.07, 6.45) is 0. The van der Waals surface area contributed by atoms with Crippen LogP contribution in [0.15, 0.2) is 73.3 Å². The molecule has 3 aromatic carbocycles. The second kappa shape index (κ2) is 6.67. The molecule has 0 aliphatic rings. The average molecular weight is 321 g/mol. The minimum atomic E-state index is -0.270. The predicted octanol–water partition coefficient (Wildman–Crippen LogP) is 5.49. The van der Waals surface area contributed by atoms with Crippen LogP contribution in [0.3, 0.4) is 0 Å². The monoisotopic (exact) mass is 321 g/mol. The molecule has 0 bridgehead atoms. The Morgan fingerprint density at radius 1 is 0.708 bits per heavy atom. The molecular formula is C21H17F2N. The van der Waals surface area contributed by atoms with Crippen LogP contribution in [0.2, 0.25) is 0 Å². The van der Waals surface area contributed by atoms with Crippen LogP contribution >= 0.6 is 0 Å². The van der Waals surface area contributed by atoms with Crippen LogP contribution in [-0.2, 0) is 0 Å². The molecule has 3 aromatic rings. The highest BCUT2D eigenvalue weighted by molar-refractivity contribution is 5.79. The fourth-order valence-electron chi connectivity index (χ4n) is 2.56. The molecule has 0 spiro atoms. The van der Waals surface area contributed by atoms with Crippen molar-refractivity contribution in [2.45, 2.75) is 0 Å². The minimum absolute atomic E-state index is 0.270. The topological polar surface area (TPSA) is 12.0 Å². The molecule has 1 nitrogen and oxygen atoms in total. The molecule has 0 aliphatic carbocycles. The van der Waals surface area contributed by atoms with Gasteiger partial charge < -0.3 is 5.32 Å². The molecule has 24 heavy (non-hydrogen) atoms. The van der Waals surface area contributed by atoms with Gasteiger partial charge in [0.2, 0.25) is 0 Å². The van der Waals surface area contributed by atoms with Gasteiger partial charge in [-0.05, 0) is 70.3 Å². The van der Waals surface area contributed by atoms with E-state index in [9.17, 15) is 8.78 Å². The van der Waals surface area contributed by atoms with Crippen LogP contribution in [0.1, 0.15) is 5.56 Å². The summed E-state index contributed by atoms with van der Waals surface area (Å²) in [5.41, 5.74) is 5.42. The van der Waals surface area contributed by atoms with Gasteiger partial charge in [0.15, 0.2) is 0 Å². The van der Waals surface area contributed by atoms with Gasteiger partial charge in [0.1, 0.15) is 11.6 Å². The normalized spacial score (nSPS) is 10.5. The fourth-order valence-corrected chi connectivity index (χ4v) is 2.56. The van der Waals surface area contributed by atoms with Crippen LogP contribution in [0.25, 0.3) is 28.0 Å². The van der Waals surface area contributed by atoms with Gasteiger partial charge in [-0.1, -0.05) is 30.8 Å². The largest absolute Gasteiger partial charge is 0.388 e. The number of hydrogen-bond acceptors (Lipinski definition) is 1. The molecule has 0 unspecified atom stereocenters. The summed E-state index contributed by atoms with van der Waals surface area (Å²) in [6, 6.07) is 18.7. The molecule has 0 saturated carbocycles. The first-order chi connectivity index (χ1) is 11.6. The molecule has 1 N–H and O–H groups in total. The van der Waals surface area contributed by atoms with Crippen LogP contribution < -0.4 is 5.32 Å². The van der Waals surface area contributed by atoms with Crippen molar-refractivity contribution < 1.29 is 8.78 Å². The number of nitrogens with one attached hydrogen (secondary N) is 1. The van der Waals surface area contributed by atoms with Crippen LogP contribution in [0, 0.1) is 11.6 Å². The van der Waals surface area contributed by atoms with Crippen molar-refractivity contribution in [2.24, 2.45) is 0 Å². The van der Waals surface area contributed by atoms with Gasteiger partial charge >= 0.3 is 0 Å². The first kappa shape index (κ1) is 15.9. The van der Waals surface area contributed by atoms with Gasteiger partial charge in [-0.15, -0.1) is 0 Å². The number of rotatable bonds is 4. The Hall–Kier alpha value is -2.94. The molecule has 0 aliphatic heterocycles. The Labute approximate surface area is 140 Å². The maximum atomic E-state index is 13.2. The van der Waals surface area contributed by atoms with Gasteiger partial charge in [0.25, 0.3) is 0 Å². The lowest BCUT2D eigenvalue weighted by atomic mass is 9.95. The Kier molecular flexibility index (Phi) is 4.43. The summed E-state index contributed by atoms with van der Waals surface area (Å²) >= 11 is 0. The van der Waals surface area contributed by atoms with Gasteiger partial charge in [0, 0.05) is 12.7 Å². The summed E-state index contributed by atoms with van der Waals surface area (Å²) < 4.78 is 26.4. The molecule has 0 fully saturated rings. The molecule has 0 heterocycles. The van der Waals surface area contributed by atoms with E-state index in [4.69, 9.17) is 0 Å². The number of benzene rings is 3. The van der Waals surface area contributed by atoms with Crippen molar-refractivity contribution in [3.8, 4) is 22.3 Å². The summed E-state index contributed by atoms with van der Waals surface area (Å²) in [6.45, 7) is 4.01. The molecule has 0 aromatic heterocycles. The van der Waals surface area contributed by atoms with Gasteiger partial charge in [-0.25, -0.2) is 8.78 Å². The zero-order valence-electron chi connectivity index (χ0n) is 13.3. The molecule has 3 rings (SSSR count). The molecule has 0 atom stereocenters. The lowest BCUT2D eigenvalue weighted by Gasteiger charge is -2.12. The molecule has 120 valence electrons. The van der Waals surface area contributed by atoms with Crippen LogP contribution in [-0.4, -0.2) is 7.05 Å². The van der Waals surface area contributed by atoms with Crippen molar-refractivity contribution in [2.75, 3.05) is 7.05 Å². The van der Waals surface area contributed by atoms with Gasteiger partial charge in [-0.2, -0.15) is 0 Å². The third-order valence-electron chi connectivity index (χ3n) is 3.94. The lowest BCUT2D eigenvalue weighted by Crippen LogP contribution is -2.03. The SMILES string of the molecule is C=C(NC)c1cc(-c2ccc(F)cc2)cc(-c2ccc(F)cc2)c1. The molecule has 0 saturated heterocycles. The quantitative estimate of drug-likeness (QED) is 0.670. The smallest absolute Gasteiger partial charge is 0.123 e. The Morgan fingerprint density at radius 2 is 1.12 bits per heavy atom. The average Bonchev–Trinajstić information content (AvgIpc) is 2.62. The standard InChI is InChI=1S/C21H17F2N/c1-14(24-2)17-11-18(15-3-7-20(22)8-4-15)13-19(12-17)16-5-9-21(23)10-6-16/h3-13,24H,1H2,2H3. The van der Waals surface area contributed by atoms with E-state index in [1.165, 1.54) is 24.3 Å². The maximum absolute atomic E-state index is 13.2. The van der Waals surface area contributed by atoms with Gasteiger partial charge in [-0.3, -0.25) is 0 Å². The van der Waals surface area contributed by atoms with E-state index in [1.807, 2.05) is 25.2 Å². The Morgan fingerprint density at radius 3 is 1.50 bits per heavy atom. The second-order valence-corrected chi connectivity index (χ2v) is 5.54. The third kappa shape index (κ3) is 3.35. The fraction of sp³-hybridized carbons (Fsp3) is 0.0476. The van der Waals surface area contributed by atoms with E-state index >= 15 is 0 Å². The highest BCUT2D eigenvalue weighted by atomic mass is 19.1. The van der Waals surface area contributed by atoms with Gasteiger partial charge in [0.05, 0.1) is 0 Å². The minimum Gasteiger partial charge on any atom is -0.388 e. The lowest BCUT2D eigenvalue weighted by molar-refractivity contribution is 0.627. The summed E-state index contributed by atoms with van der Waals surface area (Å²) in [7, 11) is 1.81. The highest BCUT2D eigenvalue weighted by Gasteiger charge is 2.08. The Balaban J connectivity index is 2.14. The molecule has 0 radical (unpaired) electrons. The van der Waals surface area contributed by atoms with Crippen molar-refractivity contribution in [1.82, 2.24) is 5.32 Å². The van der Waals surface area contributed by atoms with Crippen molar-refractivity contribution in [3.63, 3.8) is 0 Å². The zero-order chi connectivity index (χ0) is 17.1. The summed E-state index contributed by atoms with van der Waals surface area (Å²) in [5, 5.41) is 3.04. The van der Waals surface area contributed by atoms with E-state index in [-0.39, 0.29) is 11.6 Å². The molecule has 0 amide bonds. The number of halogens is 2. The molecular weight excluding hydrogens is 304 g/mol. The van der Waals surface area contributed by atoms with E-state index in [0.717, 1.165) is 33.5 Å². The van der Waals surface area contributed by atoms with E-state index in [0.29, 0.717) is 0 Å².